The minimum atomic E-state index is -0.766. The Kier molecular flexibility index (Phi) is 5.04. The van der Waals surface area contributed by atoms with Crippen LogP contribution in [0.4, 0.5) is 5.69 Å². The van der Waals surface area contributed by atoms with Gasteiger partial charge in [0.05, 0.1) is 16.1 Å². The topological polar surface area (TPSA) is 95.7 Å². The van der Waals surface area contributed by atoms with Gasteiger partial charge in [0, 0.05) is 23.2 Å². The van der Waals surface area contributed by atoms with Gasteiger partial charge < -0.3 is 9.47 Å². The number of nitro benzene ring substituents is 1. The van der Waals surface area contributed by atoms with Crippen molar-refractivity contribution in [2.24, 2.45) is 0 Å². The normalized spacial score (nSPS) is 13.6. The Morgan fingerprint density at radius 2 is 1.87 bits per heavy atom. The van der Waals surface area contributed by atoms with Crippen LogP contribution in [-0.4, -0.2) is 16.7 Å². The number of ether oxygens (including phenoxy) is 2. The second-order valence-corrected chi connectivity index (χ2v) is 6.79. The molecule has 0 unspecified atom stereocenters. The van der Waals surface area contributed by atoms with Crippen molar-refractivity contribution in [3.63, 3.8) is 0 Å². The molecule has 0 saturated heterocycles. The highest BCUT2D eigenvalue weighted by Crippen LogP contribution is 2.35. The van der Waals surface area contributed by atoms with Crippen molar-refractivity contribution in [1.29, 1.82) is 0 Å². The Balaban J connectivity index is 1.55. The molecule has 1 aliphatic heterocycles. The Bertz CT molecular complexity index is 1230. The lowest BCUT2D eigenvalue weighted by Gasteiger charge is -2.05. The predicted octanol–water partition coefficient (Wildman–Crippen LogP) is 5.08. The summed E-state index contributed by atoms with van der Waals surface area (Å²) < 4.78 is 10.9. The maximum absolute atomic E-state index is 12.5. The summed E-state index contributed by atoms with van der Waals surface area (Å²) in [7, 11) is 0. The van der Waals surface area contributed by atoms with Crippen LogP contribution in [-0.2, 0) is 0 Å². The summed E-state index contributed by atoms with van der Waals surface area (Å²) in [5, 5.41) is 11.4. The molecule has 3 aromatic carbocycles. The lowest BCUT2D eigenvalue weighted by Crippen LogP contribution is -2.08. The van der Waals surface area contributed by atoms with E-state index in [1.807, 2.05) is 0 Å². The Hall–Kier alpha value is -3.97. The van der Waals surface area contributed by atoms with Crippen LogP contribution in [0.3, 0.4) is 0 Å². The van der Waals surface area contributed by atoms with E-state index in [1.54, 1.807) is 30.3 Å². The highest BCUT2D eigenvalue weighted by atomic mass is 35.5. The van der Waals surface area contributed by atoms with Crippen molar-refractivity contribution in [3.05, 3.63) is 104 Å². The summed E-state index contributed by atoms with van der Waals surface area (Å²) in [6.45, 7) is 0. The third-order valence-electron chi connectivity index (χ3n) is 4.29. The molecule has 0 amide bonds. The first-order valence-corrected chi connectivity index (χ1v) is 9.09. The van der Waals surface area contributed by atoms with E-state index in [-0.39, 0.29) is 34.3 Å². The van der Waals surface area contributed by atoms with E-state index in [4.69, 9.17) is 21.1 Å². The highest BCUT2D eigenvalue weighted by molar-refractivity contribution is 6.30. The number of Topliss-reactive ketones (excluding diaryl/α,β-unsaturated/α-hetero) is 1. The van der Waals surface area contributed by atoms with E-state index in [0.29, 0.717) is 16.1 Å². The zero-order chi connectivity index (χ0) is 21.3. The van der Waals surface area contributed by atoms with Crippen LogP contribution in [0.1, 0.15) is 26.3 Å². The molecule has 1 aliphatic rings. The molecule has 0 N–H and O–H groups in total. The van der Waals surface area contributed by atoms with Crippen molar-refractivity contribution in [2.45, 2.75) is 0 Å². The highest BCUT2D eigenvalue weighted by Gasteiger charge is 2.28. The van der Waals surface area contributed by atoms with Crippen LogP contribution >= 0.6 is 11.6 Å². The molecular weight excluding hydrogens is 410 g/mol. The lowest BCUT2D eigenvalue weighted by atomic mass is 10.1. The molecule has 0 radical (unpaired) electrons. The molecule has 4 rings (SSSR count). The van der Waals surface area contributed by atoms with Gasteiger partial charge in [-0.1, -0.05) is 29.8 Å². The fraction of sp³-hybridized carbons (Fsp3) is 0. The van der Waals surface area contributed by atoms with E-state index in [1.165, 1.54) is 36.4 Å². The van der Waals surface area contributed by atoms with Gasteiger partial charge in [-0.15, -0.1) is 0 Å². The lowest BCUT2D eigenvalue weighted by molar-refractivity contribution is -0.384. The number of rotatable bonds is 4. The molecule has 30 heavy (non-hydrogen) atoms. The Morgan fingerprint density at radius 1 is 1.07 bits per heavy atom. The second-order valence-electron chi connectivity index (χ2n) is 6.35. The van der Waals surface area contributed by atoms with Crippen LogP contribution in [0.5, 0.6) is 11.5 Å². The fourth-order valence-corrected chi connectivity index (χ4v) is 3.09. The average Bonchev–Trinajstić information content (AvgIpc) is 3.03. The number of nitro groups is 1. The van der Waals surface area contributed by atoms with Gasteiger partial charge >= 0.3 is 5.97 Å². The van der Waals surface area contributed by atoms with Crippen molar-refractivity contribution in [2.75, 3.05) is 0 Å². The summed E-state index contributed by atoms with van der Waals surface area (Å²) >= 11 is 5.96. The number of carbonyl (C=O) groups excluding carboxylic acids is 2. The number of fused-ring (bicyclic) bond motifs is 1. The molecular formula is C22H12ClNO6. The Morgan fingerprint density at radius 3 is 2.63 bits per heavy atom. The van der Waals surface area contributed by atoms with Gasteiger partial charge in [-0.25, -0.2) is 4.79 Å². The number of halogens is 1. The molecule has 0 aliphatic carbocycles. The van der Waals surface area contributed by atoms with Crippen molar-refractivity contribution >= 4 is 35.1 Å². The van der Waals surface area contributed by atoms with Gasteiger partial charge in [-0.3, -0.25) is 14.9 Å². The van der Waals surface area contributed by atoms with Gasteiger partial charge in [0.2, 0.25) is 5.78 Å². The second kappa shape index (κ2) is 7.81. The third kappa shape index (κ3) is 3.92. The molecule has 0 fully saturated rings. The maximum atomic E-state index is 12.5. The number of allylic oxidation sites excluding steroid dienone is 1. The standard InChI is InChI=1S/C22H12ClNO6/c23-15-5-1-3-13(9-15)10-20-21(25)18-8-7-17(12-19(18)30-20)29-22(26)14-4-2-6-16(11-14)24(27)28/h1-12H/b20-10-. The zero-order valence-corrected chi connectivity index (χ0v) is 16.0. The van der Waals surface area contributed by atoms with E-state index in [2.05, 4.69) is 0 Å². The summed E-state index contributed by atoms with van der Waals surface area (Å²) in [6.07, 6.45) is 1.57. The predicted molar refractivity (Wildman–Crippen MR) is 109 cm³/mol. The number of nitrogens with zero attached hydrogens (tertiary/aromatic N) is 1. The fourth-order valence-electron chi connectivity index (χ4n) is 2.89. The minimum absolute atomic E-state index is 0.0308. The van der Waals surface area contributed by atoms with E-state index in [0.717, 1.165) is 6.07 Å². The van der Waals surface area contributed by atoms with Crippen LogP contribution in [0.25, 0.3) is 6.08 Å². The van der Waals surface area contributed by atoms with Gasteiger partial charge in [0.25, 0.3) is 5.69 Å². The van der Waals surface area contributed by atoms with Crippen molar-refractivity contribution in [3.8, 4) is 11.5 Å². The molecule has 148 valence electrons. The molecule has 3 aromatic rings. The zero-order valence-electron chi connectivity index (χ0n) is 15.2. The van der Waals surface area contributed by atoms with Crippen LogP contribution < -0.4 is 9.47 Å². The number of carbonyl (C=O) groups is 2. The van der Waals surface area contributed by atoms with E-state index >= 15 is 0 Å². The molecule has 0 atom stereocenters. The summed E-state index contributed by atoms with van der Waals surface area (Å²) in [4.78, 5) is 35.1. The Labute approximate surface area is 175 Å². The molecule has 0 bridgehead atoms. The summed E-state index contributed by atoms with van der Waals surface area (Å²) in [5.41, 5.74) is 0.848. The number of hydrogen-bond acceptors (Lipinski definition) is 6. The number of benzene rings is 3. The van der Waals surface area contributed by atoms with Crippen LogP contribution in [0, 0.1) is 10.1 Å². The molecule has 0 saturated carbocycles. The first-order chi connectivity index (χ1) is 14.4. The molecule has 1 heterocycles. The molecule has 0 spiro atoms. The van der Waals surface area contributed by atoms with Gasteiger partial charge in [0.1, 0.15) is 11.5 Å². The van der Waals surface area contributed by atoms with E-state index < -0.39 is 10.9 Å². The largest absolute Gasteiger partial charge is 0.452 e. The molecule has 7 nitrogen and oxygen atoms in total. The van der Waals surface area contributed by atoms with Gasteiger partial charge in [-0.05, 0) is 42.0 Å². The quantitative estimate of drug-likeness (QED) is 0.191. The van der Waals surface area contributed by atoms with Crippen LogP contribution in [0.15, 0.2) is 72.5 Å². The first kappa shape index (κ1) is 19.4. The van der Waals surface area contributed by atoms with Crippen molar-refractivity contribution in [1.82, 2.24) is 0 Å². The summed E-state index contributed by atoms with van der Waals surface area (Å²) in [6, 6.07) is 16.5. The average molecular weight is 422 g/mol. The minimum Gasteiger partial charge on any atom is -0.452 e. The van der Waals surface area contributed by atoms with Gasteiger partial charge in [0.15, 0.2) is 5.76 Å². The smallest absolute Gasteiger partial charge is 0.343 e. The first-order valence-electron chi connectivity index (χ1n) is 8.71. The van der Waals surface area contributed by atoms with Crippen LogP contribution in [0.2, 0.25) is 5.02 Å². The van der Waals surface area contributed by atoms with E-state index in [9.17, 15) is 19.7 Å². The summed E-state index contributed by atoms with van der Waals surface area (Å²) in [5.74, 6) is -0.562. The number of non-ortho nitro benzene ring substituents is 1. The monoisotopic (exact) mass is 421 g/mol. The van der Waals surface area contributed by atoms with Gasteiger partial charge in [-0.2, -0.15) is 0 Å². The molecule has 8 heteroatoms. The SMILES string of the molecule is O=C(Oc1ccc2c(c1)O/C(=C\c1cccc(Cl)c1)C2=O)c1cccc([N+](=O)[O-])c1. The molecule has 0 aromatic heterocycles. The third-order valence-corrected chi connectivity index (χ3v) is 4.53. The maximum Gasteiger partial charge on any atom is 0.343 e. The number of ketones is 1. The number of hydrogen-bond donors (Lipinski definition) is 0. The number of esters is 1. The van der Waals surface area contributed by atoms with Crippen molar-refractivity contribution < 1.29 is 24.0 Å².